The molecule has 0 atom stereocenters. The maximum Gasteiger partial charge on any atom is 0.305 e. The highest BCUT2D eigenvalue weighted by molar-refractivity contribution is 5.69. The molecule has 0 spiro atoms. The molecule has 0 radical (unpaired) electrons. The summed E-state index contributed by atoms with van der Waals surface area (Å²) in [5.74, 6) is 0.454. The molecule has 16 heavy (non-hydrogen) atoms. The first kappa shape index (κ1) is 12.1. The summed E-state index contributed by atoms with van der Waals surface area (Å²) in [6.45, 7) is 0.483. The Balaban J connectivity index is 2.39. The van der Waals surface area contributed by atoms with Crippen molar-refractivity contribution >= 4 is 5.97 Å². The summed E-state index contributed by atoms with van der Waals surface area (Å²) in [5, 5.41) is 19.6. The number of aromatic nitrogens is 4. The van der Waals surface area contributed by atoms with Gasteiger partial charge in [0.1, 0.15) is 0 Å². The van der Waals surface area contributed by atoms with Crippen LogP contribution in [0.2, 0.25) is 0 Å². The fourth-order valence-corrected chi connectivity index (χ4v) is 1.22. The van der Waals surface area contributed by atoms with Crippen LogP contribution in [0, 0.1) is 11.3 Å². The lowest BCUT2D eigenvalue weighted by Gasteiger charge is -2.01. The molecule has 7 heteroatoms. The Morgan fingerprint density at radius 1 is 1.62 bits per heavy atom. The Bertz CT molecular complexity index is 381. The molecular formula is C9H13N5O2. The second-order valence-corrected chi connectivity index (χ2v) is 3.16. The molecule has 0 fully saturated rings. The minimum atomic E-state index is -0.240. The van der Waals surface area contributed by atoms with Crippen LogP contribution >= 0.6 is 0 Å². The van der Waals surface area contributed by atoms with E-state index in [0.29, 0.717) is 38.1 Å². The largest absolute Gasteiger partial charge is 0.469 e. The topological polar surface area (TPSA) is 93.7 Å². The maximum absolute atomic E-state index is 10.9. The summed E-state index contributed by atoms with van der Waals surface area (Å²) >= 11 is 0. The van der Waals surface area contributed by atoms with Gasteiger partial charge in [-0.15, -0.1) is 5.10 Å². The van der Waals surface area contributed by atoms with Gasteiger partial charge in [0.05, 0.1) is 26.1 Å². The zero-order valence-electron chi connectivity index (χ0n) is 9.09. The standard InChI is InChI=1S/C9H13N5O2/c1-16-9(15)5-2-4-8-11-12-13-14(8)7-3-6-10/h2-5,7H2,1H3. The Morgan fingerprint density at radius 2 is 2.44 bits per heavy atom. The van der Waals surface area contributed by atoms with Gasteiger partial charge in [-0.3, -0.25) is 4.79 Å². The SMILES string of the molecule is COC(=O)CCCc1nnnn1CCC#N. The third kappa shape index (κ3) is 3.65. The molecule has 0 aliphatic heterocycles. The first-order chi connectivity index (χ1) is 7.77. The van der Waals surface area contributed by atoms with Crippen molar-refractivity contribution in [3.8, 4) is 6.07 Å². The molecule has 0 amide bonds. The average Bonchev–Trinajstić information content (AvgIpc) is 2.73. The normalized spacial score (nSPS) is 9.75. The molecule has 0 aliphatic rings. The van der Waals surface area contributed by atoms with E-state index in [1.165, 1.54) is 7.11 Å². The van der Waals surface area contributed by atoms with Gasteiger partial charge in [-0.05, 0) is 16.8 Å². The van der Waals surface area contributed by atoms with Gasteiger partial charge in [-0.2, -0.15) is 5.26 Å². The minimum absolute atomic E-state index is 0.240. The molecule has 1 heterocycles. The van der Waals surface area contributed by atoms with Crippen LogP contribution in [0.15, 0.2) is 0 Å². The highest BCUT2D eigenvalue weighted by atomic mass is 16.5. The molecule has 0 unspecified atom stereocenters. The summed E-state index contributed by atoms with van der Waals surface area (Å²) < 4.78 is 6.11. The van der Waals surface area contributed by atoms with E-state index in [-0.39, 0.29) is 5.97 Å². The van der Waals surface area contributed by atoms with Crippen molar-refractivity contribution in [2.75, 3.05) is 7.11 Å². The number of carbonyl (C=O) groups is 1. The molecular weight excluding hydrogens is 210 g/mol. The monoisotopic (exact) mass is 223 g/mol. The molecule has 86 valence electrons. The van der Waals surface area contributed by atoms with Crippen LogP contribution < -0.4 is 0 Å². The number of aryl methyl sites for hydroxylation is 2. The van der Waals surface area contributed by atoms with Gasteiger partial charge in [0.25, 0.3) is 0 Å². The predicted molar refractivity (Wildman–Crippen MR) is 53.0 cm³/mol. The number of nitriles is 1. The average molecular weight is 223 g/mol. The number of esters is 1. The summed E-state index contributed by atoms with van der Waals surface area (Å²) in [6.07, 6.45) is 1.96. The number of carbonyl (C=O) groups excluding carboxylic acids is 1. The van der Waals surface area contributed by atoms with Crippen molar-refractivity contribution in [3.63, 3.8) is 0 Å². The van der Waals surface area contributed by atoms with E-state index in [1.54, 1.807) is 4.68 Å². The van der Waals surface area contributed by atoms with Crippen molar-refractivity contribution in [2.45, 2.75) is 32.2 Å². The van der Waals surface area contributed by atoms with Crippen LogP contribution in [0.1, 0.15) is 25.1 Å². The summed E-state index contributed by atoms with van der Waals surface area (Å²) in [7, 11) is 1.36. The third-order valence-corrected chi connectivity index (χ3v) is 2.05. The predicted octanol–water partition coefficient (Wildman–Crippen LogP) is 0.0825. The van der Waals surface area contributed by atoms with Crippen molar-refractivity contribution in [2.24, 2.45) is 0 Å². The molecule has 0 N–H and O–H groups in total. The Morgan fingerprint density at radius 3 is 3.12 bits per heavy atom. The lowest BCUT2D eigenvalue weighted by atomic mass is 10.2. The first-order valence-electron chi connectivity index (χ1n) is 4.96. The van der Waals surface area contributed by atoms with E-state index in [9.17, 15) is 4.79 Å². The van der Waals surface area contributed by atoms with Crippen molar-refractivity contribution in [1.82, 2.24) is 20.2 Å². The van der Waals surface area contributed by atoms with E-state index < -0.39 is 0 Å². The second kappa shape index (κ2) is 6.50. The number of ether oxygens (including phenoxy) is 1. The van der Waals surface area contributed by atoms with Gasteiger partial charge in [0.2, 0.25) is 0 Å². The maximum atomic E-state index is 10.9. The summed E-state index contributed by atoms with van der Waals surface area (Å²) in [4.78, 5) is 10.9. The van der Waals surface area contributed by atoms with Gasteiger partial charge in [-0.25, -0.2) is 4.68 Å². The van der Waals surface area contributed by atoms with Crippen molar-refractivity contribution < 1.29 is 9.53 Å². The van der Waals surface area contributed by atoms with E-state index in [2.05, 4.69) is 20.3 Å². The molecule has 0 aliphatic carbocycles. The zero-order valence-corrected chi connectivity index (χ0v) is 9.09. The number of nitrogens with zero attached hydrogens (tertiary/aromatic N) is 5. The summed E-state index contributed by atoms with van der Waals surface area (Å²) in [6, 6.07) is 2.03. The number of hydrogen-bond donors (Lipinski definition) is 0. The fraction of sp³-hybridized carbons (Fsp3) is 0.667. The molecule has 1 aromatic rings. The van der Waals surface area contributed by atoms with Crippen molar-refractivity contribution in [3.05, 3.63) is 5.82 Å². The number of methoxy groups -OCH3 is 1. The highest BCUT2D eigenvalue weighted by Crippen LogP contribution is 2.02. The Hall–Kier alpha value is -1.97. The molecule has 0 aromatic carbocycles. The molecule has 0 saturated carbocycles. The van der Waals surface area contributed by atoms with Crippen LogP contribution in [-0.4, -0.2) is 33.3 Å². The van der Waals surface area contributed by atoms with Crippen LogP contribution in [-0.2, 0) is 22.5 Å². The molecule has 0 saturated heterocycles. The third-order valence-electron chi connectivity index (χ3n) is 2.05. The van der Waals surface area contributed by atoms with Crippen LogP contribution in [0.25, 0.3) is 0 Å². The number of rotatable bonds is 6. The van der Waals surface area contributed by atoms with E-state index in [1.807, 2.05) is 6.07 Å². The molecule has 1 rings (SSSR count). The van der Waals surface area contributed by atoms with Crippen LogP contribution in [0.4, 0.5) is 0 Å². The molecule has 7 nitrogen and oxygen atoms in total. The number of hydrogen-bond acceptors (Lipinski definition) is 6. The van der Waals surface area contributed by atoms with Crippen LogP contribution in [0.5, 0.6) is 0 Å². The molecule has 1 aromatic heterocycles. The van der Waals surface area contributed by atoms with E-state index in [4.69, 9.17) is 5.26 Å². The van der Waals surface area contributed by atoms with Crippen LogP contribution in [0.3, 0.4) is 0 Å². The first-order valence-corrected chi connectivity index (χ1v) is 4.96. The second-order valence-electron chi connectivity index (χ2n) is 3.16. The van der Waals surface area contributed by atoms with E-state index >= 15 is 0 Å². The van der Waals surface area contributed by atoms with Gasteiger partial charge in [-0.1, -0.05) is 0 Å². The quantitative estimate of drug-likeness (QED) is 0.634. The molecule has 0 bridgehead atoms. The van der Waals surface area contributed by atoms with Gasteiger partial charge < -0.3 is 4.74 Å². The lowest BCUT2D eigenvalue weighted by molar-refractivity contribution is -0.140. The lowest BCUT2D eigenvalue weighted by Crippen LogP contribution is -2.07. The Kier molecular flexibility index (Phi) is 4.92. The smallest absolute Gasteiger partial charge is 0.305 e. The van der Waals surface area contributed by atoms with E-state index in [0.717, 1.165) is 0 Å². The summed E-state index contributed by atoms with van der Waals surface area (Å²) in [5.41, 5.74) is 0. The fourth-order valence-electron chi connectivity index (χ4n) is 1.22. The van der Waals surface area contributed by atoms with Gasteiger partial charge in [0.15, 0.2) is 5.82 Å². The van der Waals surface area contributed by atoms with Gasteiger partial charge >= 0.3 is 5.97 Å². The van der Waals surface area contributed by atoms with Gasteiger partial charge in [0, 0.05) is 12.8 Å². The number of tetrazole rings is 1. The zero-order chi connectivity index (χ0) is 11.8. The highest BCUT2D eigenvalue weighted by Gasteiger charge is 2.07. The Labute approximate surface area is 93.0 Å². The minimum Gasteiger partial charge on any atom is -0.469 e. The van der Waals surface area contributed by atoms with Crippen molar-refractivity contribution in [1.29, 1.82) is 5.26 Å².